The van der Waals surface area contributed by atoms with Crippen molar-refractivity contribution < 1.29 is 5.11 Å². The molecule has 44 valence electrons. The predicted molar refractivity (Wildman–Crippen MR) is 28.7 cm³/mol. The van der Waals surface area contributed by atoms with E-state index in [-0.39, 0.29) is 12.5 Å². The molecule has 0 aliphatic rings. The number of nitrogens with two attached hydrogens (primary N) is 2. The third-order valence-electron chi connectivity index (χ3n) is 0.925. The van der Waals surface area contributed by atoms with Crippen LogP contribution in [0, 0.1) is 5.92 Å². The molecular weight excluding hydrogens is 92.1 g/mol. The molecular formula is C4H12N2O. The largest absolute Gasteiger partial charge is 0.396 e. The van der Waals surface area contributed by atoms with Gasteiger partial charge in [0.2, 0.25) is 0 Å². The summed E-state index contributed by atoms with van der Waals surface area (Å²) in [7, 11) is 0. The Balaban J connectivity index is 2.99. The summed E-state index contributed by atoms with van der Waals surface area (Å²) in [5, 5.41) is 8.37. The van der Waals surface area contributed by atoms with Gasteiger partial charge in [0.05, 0.1) is 0 Å². The van der Waals surface area contributed by atoms with E-state index >= 15 is 0 Å². The molecule has 0 aromatic rings. The number of hydrogen-bond acceptors (Lipinski definition) is 3. The topological polar surface area (TPSA) is 72.3 Å². The van der Waals surface area contributed by atoms with Gasteiger partial charge in [0.15, 0.2) is 0 Å². The van der Waals surface area contributed by atoms with E-state index in [0.29, 0.717) is 13.1 Å². The Kier molecular flexibility index (Phi) is 3.98. The molecule has 0 rings (SSSR count). The molecule has 0 unspecified atom stereocenters. The van der Waals surface area contributed by atoms with Crippen LogP contribution >= 0.6 is 0 Å². The highest BCUT2D eigenvalue weighted by Gasteiger charge is 1.97. The van der Waals surface area contributed by atoms with E-state index in [1.165, 1.54) is 0 Å². The fourth-order valence-corrected chi connectivity index (χ4v) is 0.245. The summed E-state index contributed by atoms with van der Waals surface area (Å²) >= 11 is 0. The van der Waals surface area contributed by atoms with Crippen molar-refractivity contribution in [3.63, 3.8) is 0 Å². The Morgan fingerprint density at radius 3 is 1.71 bits per heavy atom. The lowest BCUT2D eigenvalue weighted by Crippen LogP contribution is -2.25. The molecule has 0 spiro atoms. The molecule has 0 saturated heterocycles. The highest BCUT2D eigenvalue weighted by molar-refractivity contribution is 4.56. The normalized spacial score (nSPS) is 10.3. The Labute approximate surface area is 43.3 Å². The zero-order valence-electron chi connectivity index (χ0n) is 4.30. The van der Waals surface area contributed by atoms with Gasteiger partial charge in [-0.15, -0.1) is 0 Å². The molecule has 7 heavy (non-hydrogen) atoms. The third-order valence-corrected chi connectivity index (χ3v) is 0.925. The first-order valence-corrected chi connectivity index (χ1v) is 2.36. The summed E-state index contributed by atoms with van der Waals surface area (Å²) in [6.07, 6.45) is 0. The molecule has 0 aliphatic heterocycles. The SMILES string of the molecule is NCC(CN)CO. The lowest BCUT2D eigenvalue weighted by atomic mass is 10.2. The molecule has 0 heterocycles. The van der Waals surface area contributed by atoms with Gasteiger partial charge in [0, 0.05) is 12.5 Å². The van der Waals surface area contributed by atoms with E-state index in [4.69, 9.17) is 16.6 Å². The summed E-state index contributed by atoms with van der Waals surface area (Å²) < 4.78 is 0. The van der Waals surface area contributed by atoms with Gasteiger partial charge in [-0.25, -0.2) is 0 Å². The van der Waals surface area contributed by atoms with Gasteiger partial charge < -0.3 is 16.6 Å². The van der Waals surface area contributed by atoms with E-state index in [1.54, 1.807) is 0 Å². The first-order chi connectivity index (χ1) is 3.35. The van der Waals surface area contributed by atoms with Gasteiger partial charge in [-0.05, 0) is 13.1 Å². The maximum Gasteiger partial charge on any atom is 0.0483 e. The molecule has 0 aromatic carbocycles. The second kappa shape index (κ2) is 4.05. The van der Waals surface area contributed by atoms with Crippen molar-refractivity contribution in [1.82, 2.24) is 0 Å². The Bertz CT molecular complexity index is 31.2. The second-order valence-corrected chi connectivity index (χ2v) is 1.52. The van der Waals surface area contributed by atoms with Gasteiger partial charge in [-0.1, -0.05) is 0 Å². The molecule has 3 heteroatoms. The van der Waals surface area contributed by atoms with Crippen molar-refractivity contribution in [3.05, 3.63) is 0 Å². The van der Waals surface area contributed by atoms with E-state index < -0.39 is 0 Å². The summed E-state index contributed by atoms with van der Waals surface area (Å²) in [6, 6.07) is 0. The monoisotopic (exact) mass is 104 g/mol. The molecule has 5 N–H and O–H groups in total. The first kappa shape index (κ1) is 6.88. The van der Waals surface area contributed by atoms with Gasteiger partial charge in [-0.2, -0.15) is 0 Å². The minimum absolute atomic E-state index is 0.0972. The first-order valence-electron chi connectivity index (χ1n) is 2.36. The maximum absolute atomic E-state index is 8.37. The molecule has 0 bridgehead atoms. The van der Waals surface area contributed by atoms with Crippen molar-refractivity contribution >= 4 is 0 Å². The predicted octanol–water partition coefficient (Wildman–Crippen LogP) is -1.49. The van der Waals surface area contributed by atoms with Crippen LogP contribution in [0.2, 0.25) is 0 Å². The Hall–Kier alpha value is -0.120. The average molecular weight is 104 g/mol. The molecule has 0 aromatic heterocycles. The van der Waals surface area contributed by atoms with Gasteiger partial charge in [0.25, 0.3) is 0 Å². The molecule has 0 atom stereocenters. The fraction of sp³-hybridized carbons (Fsp3) is 1.00. The average Bonchev–Trinajstić information content (AvgIpc) is 1.72. The van der Waals surface area contributed by atoms with Crippen molar-refractivity contribution in [2.45, 2.75) is 0 Å². The van der Waals surface area contributed by atoms with Crippen LogP contribution < -0.4 is 11.5 Å². The molecule has 0 aliphatic carbocycles. The van der Waals surface area contributed by atoms with Crippen molar-refractivity contribution in [1.29, 1.82) is 0 Å². The van der Waals surface area contributed by atoms with E-state index in [1.807, 2.05) is 0 Å². The zero-order chi connectivity index (χ0) is 5.70. The lowest BCUT2D eigenvalue weighted by molar-refractivity contribution is 0.234. The minimum atomic E-state index is 0.0972. The third kappa shape index (κ3) is 2.56. The Morgan fingerprint density at radius 1 is 1.29 bits per heavy atom. The number of hydrogen-bond donors (Lipinski definition) is 3. The van der Waals surface area contributed by atoms with Crippen LogP contribution in [-0.2, 0) is 0 Å². The molecule has 0 saturated carbocycles. The van der Waals surface area contributed by atoms with E-state index in [2.05, 4.69) is 0 Å². The van der Waals surface area contributed by atoms with Crippen molar-refractivity contribution in [2.75, 3.05) is 19.7 Å². The highest BCUT2D eigenvalue weighted by Crippen LogP contribution is 1.83. The summed E-state index contributed by atoms with van der Waals surface area (Å²) in [5.74, 6) is 0.0972. The van der Waals surface area contributed by atoms with Gasteiger partial charge in [-0.3, -0.25) is 0 Å². The fourth-order valence-electron chi connectivity index (χ4n) is 0.245. The summed E-state index contributed by atoms with van der Waals surface area (Å²) in [6.45, 7) is 1.06. The van der Waals surface area contributed by atoms with Crippen LogP contribution in [0.5, 0.6) is 0 Å². The standard InChI is InChI=1S/C4H12N2O/c5-1-4(2-6)3-7/h4,7H,1-3,5-6H2. The summed E-state index contributed by atoms with van der Waals surface area (Å²) in [5.41, 5.74) is 10.3. The van der Waals surface area contributed by atoms with Crippen LogP contribution in [0.25, 0.3) is 0 Å². The molecule has 0 radical (unpaired) electrons. The zero-order valence-corrected chi connectivity index (χ0v) is 4.30. The molecule has 3 nitrogen and oxygen atoms in total. The van der Waals surface area contributed by atoms with E-state index in [9.17, 15) is 0 Å². The quantitative estimate of drug-likeness (QED) is 0.408. The van der Waals surface area contributed by atoms with Gasteiger partial charge >= 0.3 is 0 Å². The van der Waals surface area contributed by atoms with Crippen LogP contribution in [0.4, 0.5) is 0 Å². The smallest absolute Gasteiger partial charge is 0.0483 e. The second-order valence-electron chi connectivity index (χ2n) is 1.52. The molecule has 0 fully saturated rings. The number of rotatable bonds is 3. The summed E-state index contributed by atoms with van der Waals surface area (Å²) in [4.78, 5) is 0. The minimum Gasteiger partial charge on any atom is -0.396 e. The van der Waals surface area contributed by atoms with E-state index in [0.717, 1.165) is 0 Å². The highest BCUT2D eigenvalue weighted by atomic mass is 16.3. The number of aliphatic hydroxyl groups is 1. The molecule has 0 amide bonds. The van der Waals surface area contributed by atoms with Crippen LogP contribution in [-0.4, -0.2) is 24.8 Å². The van der Waals surface area contributed by atoms with Crippen LogP contribution in [0.1, 0.15) is 0 Å². The number of aliphatic hydroxyl groups excluding tert-OH is 1. The lowest BCUT2D eigenvalue weighted by Gasteiger charge is -2.04. The van der Waals surface area contributed by atoms with Crippen molar-refractivity contribution in [2.24, 2.45) is 17.4 Å². The maximum atomic E-state index is 8.37. The van der Waals surface area contributed by atoms with Crippen LogP contribution in [0.3, 0.4) is 0 Å². The van der Waals surface area contributed by atoms with Crippen LogP contribution in [0.15, 0.2) is 0 Å². The Morgan fingerprint density at radius 2 is 1.71 bits per heavy atom. The van der Waals surface area contributed by atoms with Crippen molar-refractivity contribution in [3.8, 4) is 0 Å². The van der Waals surface area contributed by atoms with Gasteiger partial charge in [0.1, 0.15) is 0 Å².